The Bertz CT molecular complexity index is 695. The van der Waals surface area contributed by atoms with Gasteiger partial charge in [0.1, 0.15) is 0 Å². The summed E-state index contributed by atoms with van der Waals surface area (Å²) in [7, 11) is 0. The highest BCUT2D eigenvalue weighted by molar-refractivity contribution is 9.10. The van der Waals surface area contributed by atoms with Crippen LogP contribution in [-0.4, -0.2) is 4.57 Å². The van der Waals surface area contributed by atoms with Gasteiger partial charge in [-0.3, -0.25) is 4.79 Å². The summed E-state index contributed by atoms with van der Waals surface area (Å²) >= 11 is 9.46. The van der Waals surface area contributed by atoms with Gasteiger partial charge in [0.25, 0.3) is 5.56 Å². The highest BCUT2D eigenvalue weighted by Crippen LogP contribution is 2.21. The molecule has 0 spiro atoms. The van der Waals surface area contributed by atoms with E-state index in [1.807, 2.05) is 32.0 Å². The highest BCUT2D eigenvalue weighted by atomic mass is 79.9. The average molecular weight is 342 g/mol. The predicted octanol–water partition coefficient (Wildman–Crippen LogP) is 3.51. The van der Waals surface area contributed by atoms with E-state index in [4.69, 9.17) is 17.3 Å². The fraction of sp³-hybridized carbons (Fsp3) is 0.214. The summed E-state index contributed by atoms with van der Waals surface area (Å²) in [5, 5.41) is 0.655. The molecular formula is C14H14BrClN2O. The first-order valence-corrected chi connectivity index (χ1v) is 6.97. The van der Waals surface area contributed by atoms with Gasteiger partial charge in [0, 0.05) is 11.2 Å². The molecule has 0 unspecified atom stereocenters. The van der Waals surface area contributed by atoms with Crippen molar-refractivity contribution in [2.45, 2.75) is 20.4 Å². The first kappa shape index (κ1) is 14.2. The first-order valence-electron chi connectivity index (χ1n) is 5.80. The molecule has 5 heteroatoms. The lowest BCUT2D eigenvalue weighted by Gasteiger charge is -2.12. The zero-order valence-electron chi connectivity index (χ0n) is 10.7. The zero-order valence-corrected chi connectivity index (χ0v) is 13.0. The Morgan fingerprint density at radius 2 is 2.05 bits per heavy atom. The highest BCUT2D eigenvalue weighted by Gasteiger charge is 2.10. The van der Waals surface area contributed by atoms with Crippen LogP contribution in [0.15, 0.2) is 33.7 Å². The van der Waals surface area contributed by atoms with Gasteiger partial charge in [-0.15, -0.1) is 0 Å². The molecule has 0 bridgehead atoms. The number of anilines is 1. The van der Waals surface area contributed by atoms with Crippen LogP contribution in [0.3, 0.4) is 0 Å². The number of nitrogens with two attached hydrogens (primary N) is 1. The van der Waals surface area contributed by atoms with E-state index in [0.717, 1.165) is 16.7 Å². The number of nitrogens with zero attached hydrogens (tertiary/aromatic N) is 1. The third-order valence-electron chi connectivity index (χ3n) is 3.06. The topological polar surface area (TPSA) is 48.0 Å². The number of pyridine rings is 1. The van der Waals surface area contributed by atoms with Crippen molar-refractivity contribution in [1.82, 2.24) is 4.57 Å². The lowest BCUT2D eigenvalue weighted by Crippen LogP contribution is -2.23. The normalized spacial score (nSPS) is 10.7. The van der Waals surface area contributed by atoms with Gasteiger partial charge in [-0.05, 0) is 52.5 Å². The second-order valence-electron chi connectivity index (χ2n) is 4.55. The number of benzene rings is 1. The maximum absolute atomic E-state index is 12.1. The van der Waals surface area contributed by atoms with Crippen LogP contribution >= 0.6 is 27.5 Å². The van der Waals surface area contributed by atoms with E-state index >= 15 is 0 Å². The molecule has 1 heterocycles. The average Bonchev–Trinajstić information content (AvgIpc) is 2.36. The van der Waals surface area contributed by atoms with Crippen LogP contribution in [-0.2, 0) is 6.54 Å². The molecule has 0 aliphatic rings. The number of hydrogen-bond donors (Lipinski definition) is 1. The molecule has 1 aromatic heterocycles. The van der Waals surface area contributed by atoms with E-state index in [1.54, 1.807) is 10.8 Å². The zero-order chi connectivity index (χ0) is 14.2. The van der Waals surface area contributed by atoms with Crippen molar-refractivity contribution >= 4 is 33.2 Å². The van der Waals surface area contributed by atoms with Crippen molar-refractivity contribution in [1.29, 1.82) is 0 Å². The Balaban J connectivity index is 2.47. The maximum atomic E-state index is 12.1. The van der Waals surface area contributed by atoms with E-state index in [9.17, 15) is 4.79 Å². The Kier molecular flexibility index (Phi) is 4.02. The second kappa shape index (κ2) is 5.39. The fourth-order valence-electron chi connectivity index (χ4n) is 1.82. The third-order valence-corrected chi connectivity index (χ3v) is 4.34. The molecule has 0 aliphatic heterocycles. The Labute approximate surface area is 125 Å². The third kappa shape index (κ3) is 2.85. The van der Waals surface area contributed by atoms with Gasteiger partial charge >= 0.3 is 0 Å². The quantitative estimate of drug-likeness (QED) is 0.908. The summed E-state index contributed by atoms with van der Waals surface area (Å²) in [5.41, 5.74) is 9.10. The Hall–Kier alpha value is -1.26. The van der Waals surface area contributed by atoms with Crippen molar-refractivity contribution in [2.75, 3.05) is 5.73 Å². The molecule has 2 rings (SSSR count). The van der Waals surface area contributed by atoms with Crippen LogP contribution in [0.25, 0.3) is 0 Å². The van der Waals surface area contributed by atoms with Gasteiger partial charge in [-0.25, -0.2) is 0 Å². The van der Waals surface area contributed by atoms with Gasteiger partial charge in [-0.2, -0.15) is 0 Å². The molecule has 100 valence electrons. The lowest BCUT2D eigenvalue weighted by molar-refractivity contribution is 0.754. The van der Waals surface area contributed by atoms with E-state index in [0.29, 0.717) is 21.7 Å². The molecule has 2 N–H and O–H groups in total. The van der Waals surface area contributed by atoms with Crippen molar-refractivity contribution < 1.29 is 0 Å². The van der Waals surface area contributed by atoms with Crippen LogP contribution in [0.4, 0.5) is 5.69 Å². The second-order valence-corrected chi connectivity index (χ2v) is 5.75. The van der Waals surface area contributed by atoms with Crippen molar-refractivity contribution in [3.8, 4) is 0 Å². The van der Waals surface area contributed by atoms with Crippen LogP contribution in [0.1, 0.15) is 16.7 Å². The molecule has 3 nitrogen and oxygen atoms in total. The summed E-state index contributed by atoms with van der Waals surface area (Å²) in [6.07, 6.45) is 1.65. The molecular weight excluding hydrogens is 328 g/mol. The molecule has 1 aromatic carbocycles. The van der Waals surface area contributed by atoms with E-state index in [-0.39, 0.29) is 5.56 Å². The van der Waals surface area contributed by atoms with Crippen LogP contribution < -0.4 is 11.3 Å². The molecule has 0 saturated carbocycles. The minimum atomic E-state index is -0.108. The van der Waals surface area contributed by atoms with E-state index in [1.165, 1.54) is 0 Å². The van der Waals surface area contributed by atoms with Gasteiger partial charge in [-0.1, -0.05) is 23.7 Å². The fourth-order valence-corrected chi connectivity index (χ4v) is 2.57. The number of rotatable bonds is 2. The van der Waals surface area contributed by atoms with Gasteiger partial charge in [0.2, 0.25) is 0 Å². The Morgan fingerprint density at radius 3 is 2.68 bits per heavy atom. The summed E-state index contributed by atoms with van der Waals surface area (Å²) in [6.45, 7) is 4.19. The maximum Gasteiger partial charge on any atom is 0.265 e. The van der Waals surface area contributed by atoms with Gasteiger partial charge in [0.05, 0.1) is 16.7 Å². The van der Waals surface area contributed by atoms with Crippen molar-refractivity contribution in [3.05, 3.63) is 60.9 Å². The van der Waals surface area contributed by atoms with Crippen LogP contribution in [0.2, 0.25) is 5.02 Å². The molecule has 0 saturated heterocycles. The Morgan fingerprint density at radius 1 is 1.37 bits per heavy atom. The SMILES string of the molecule is Cc1ccc(Cn2cc(N)c(C)c(Br)c2=O)c(Cl)c1. The smallest absolute Gasteiger partial charge is 0.265 e. The number of nitrogen functional groups attached to an aromatic ring is 1. The molecule has 0 fully saturated rings. The largest absolute Gasteiger partial charge is 0.397 e. The molecule has 0 amide bonds. The van der Waals surface area contributed by atoms with E-state index in [2.05, 4.69) is 15.9 Å². The van der Waals surface area contributed by atoms with Crippen LogP contribution in [0.5, 0.6) is 0 Å². The summed E-state index contributed by atoms with van der Waals surface area (Å²) < 4.78 is 2.05. The minimum Gasteiger partial charge on any atom is -0.397 e. The van der Waals surface area contributed by atoms with E-state index < -0.39 is 0 Å². The number of hydrogen-bond acceptors (Lipinski definition) is 2. The predicted molar refractivity (Wildman–Crippen MR) is 82.8 cm³/mol. The molecule has 0 atom stereocenters. The standard InChI is InChI=1S/C14H14BrClN2O/c1-8-3-4-10(11(16)5-8)6-18-7-12(17)9(2)13(15)14(18)19/h3-5,7H,6,17H2,1-2H3. The number of halogens is 2. The van der Waals surface area contributed by atoms with Crippen LogP contribution in [0, 0.1) is 13.8 Å². The number of aromatic nitrogens is 1. The summed E-state index contributed by atoms with van der Waals surface area (Å²) in [4.78, 5) is 12.1. The first-order chi connectivity index (χ1) is 8.90. The molecule has 0 radical (unpaired) electrons. The van der Waals surface area contributed by atoms with Crippen molar-refractivity contribution in [2.24, 2.45) is 0 Å². The lowest BCUT2D eigenvalue weighted by atomic mass is 10.1. The monoisotopic (exact) mass is 340 g/mol. The molecule has 19 heavy (non-hydrogen) atoms. The van der Waals surface area contributed by atoms with Crippen molar-refractivity contribution in [3.63, 3.8) is 0 Å². The summed E-state index contributed by atoms with van der Waals surface area (Å²) in [6, 6.07) is 5.78. The van der Waals surface area contributed by atoms with Gasteiger partial charge in [0.15, 0.2) is 0 Å². The van der Waals surface area contributed by atoms with Gasteiger partial charge < -0.3 is 10.3 Å². The number of aryl methyl sites for hydroxylation is 1. The summed E-state index contributed by atoms with van der Waals surface area (Å²) in [5.74, 6) is 0. The molecule has 2 aromatic rings. The minimum absolute atomic E-state index is 0.108. The molecule has 0 aliphatic carbocycles.